The quantitative estimate of drug-likeness (QED) is 0.575. The van der Waals surface area contributed by atoms with Crippen molar-refractivity contribution in [2.24, 2.45) is 5.92 Å². The Balaban J connectivity index is 1.44. The standard InChI is InChI=1S/C20H29N3O5/c1-13-10-21-12-20(25,23-13)17(9-14-5-3-2-4-6-14)22-19(24)28-16-11-27-18-15(16)7-8-26-18/h2-6,13,15-18,21,23,25H,7-12H2,1H3,(H,22,24)/t13?,15-,16-,17+,18+,20-/m1/s1. The molecule has 1 unspecified atom stereocenters. The van der Waals surface area contributed by atoms with Crippen molar-refractivity contribution in [3.63, 3.8) is 0 Å². The van der Waals surface area contributed by atoms with E-state index in [1.807, 2.05) is 37.3 Å². The maximum atomic E-state index is 12.7. The molecule has 8 heteroatoms. The van der Waals surface area contributed by atoms with E-state index >= 15 is 0 Å². The van der Waals surface area contributed by atoms with Crippen LogP contribution in [0.1, 0.15) is 18.9 Å². The molecule has 3 aliphatic rings. The number of aliphatic hydroxyl groups is 1. The first-order valence-corrected chi connectivity index (χ1v) is 9.98. The molecule has 3 fully saturated rings. The van der Waals surface area contributed by atoms with E-state index in [-0.39, 0.29) is 24.4 Å². The number of hydrogen-bond acceptors (Lipinski definition) is 7. The highest BCUT2D eigenvalue weighted by atomic mass is 16.7. The first-order chi connectivity index (χ1) is 13.5. The second kappa shape index (κ2) is 8.34. The van der Waals surface area contributed by atoms with Crippen LogP contribution < -0.4 is 16.0 Å². The molecule has 3 saturated heterocycles. The van der Waals surface area contributed by atoms with Crippen LogP contribution in [0.3, 0.4) is 0 Å². The second-order valence-corrected chi connectivity index (χ2v) is 7.96. The maximum absolute atomic E-state index is 12.7. The second-order valence-electron chi connectivity index (χ2n) is 7.96. The molecule has 0 aromatic heterocycles. The number of β-amino-alcohol motifs (C(OH)–C–C–N with tert-alkyl or cyclic N) is 1. The summed E-state index contributed by atoms with van der Waals surface area (Å²) in [6, 6.07) is 9.31. The highest BCUT2D eigenvalue weighted by Gasteiger charge is 2.45. The Labute approximate surface area is 164 Å². The van der Waals surface area contributed by atoms with Gasteiger partial charge in [-0.2, -0.15) is 0 Å². The van der Waals surface area contributed by atoms with Gasteiger partial charge in [-0.1, -0.05) is 30.3 Å². The van der Waals surface area contributed by atoms with E-state index in [9.17, 15) is 9.90 Å². The van der Waals surface area contributed by atoms with Gasteiger partial charge >= 0.3 is 6.09 Å². The molecule has 28 heavy (non-hydrogen) atoms. The van der Waals surface area contributed by atoms with Gasteiger partial charge < -0.3 is 30.0 Å². The lowest BCUT2D eigenvalue weighted by Crippen LogP contribution is -2.72. The summed E-state index contributed by atoms with van der Waals surface area (Å²) in [6.07, 6.45) is 0.159. The van der Waals surface area contributed by atoms with Gasteiger partial charge in [-0.3, -0.25) is 5.32 Å². The fourth-order valence-corrected chi connectivity index (χ4v) is 4.28. The van der Waals surface area contributed by atoms with Crippen LogP contribution in [0.5, 0.6) is 0 Å². The number of carbonyl (C=O) groups excluding carboxylic acids is 1. The average Bonchev–Trinajstić information content (AvgIpc) is 3.27. The van der Waals surface area contributed by atoms with Gasteiger partial charge in [0.2, 0.25) is 0 Å². The Morgan fingerprint density at radius 1 is 1.39 bits per heavy atom. The third kappa shape index (κ3) is 4.31. The predicted molar refractivity (Wildman–Crippen MR) is 102 cm³/mol. The molecular formula is C20H29N3O5. The smallest absolute Gasteiger partial charge is 0.407 e. The van der Waals surface area contributed by atoms with Gasteiger partial charge in [0.25, 0.3) is 0 Å². The van der Waals surface area contributed by atoms with Gasteiger partial charge in [0.15, 0.2) is 6.29 Å². The summed E-state index contributed by atoms with van der Waals surface area (Å²) >= 11 is 0. The van der Waals surface area contributed by atoms with E-state index in [4.69, 9.17) is 14.2 Å². The molecule has 1 aromatic carbocycles. The van der Waals surface area contributed by atoms with Crippen molar-refractivity contribution in [1.82, 2.24) is 16.0 Å². The Hall–Kier alpha value is -1.71. The van der Waals surface area contributed by atoms with E-state index in [1.54, 1.807) is 0 Å². The topological polar surface area (TPSA) is 101 Å². The fraction of sp³-hybridized carbons (Fsp3) is 0.650. The van der Waals surface area contributed by atoms with Gasteiger partial charge in [0.1, 0.15) is 11.8 Å². The fourth-order valence-electron chi connectivity index (χ4n) is 4.28. The number of fused-ring (bicyclic) bond motifs is 1. The van der Waals surface area contributed by atoms with Crippen molar-refractivity contribution in [3.8, 4) is 0 Å². The minimum absolute atomic E-state index is 0.0782. The van der Waals surface area contributed by atoms with Crippen LogP contribution in [0.2, 0.25) is 0 Å². The highest BCUT2D eigenvalue weighted by Crippen LogP contribution is 2.33. The largest absolute Gasteiger partial charge is 0.443 e. The highest BCUT2D eigenvalue weighted by molar-refractivity contribution is 5.68. The molecule has 6 atom stereocenters. The van der Waals surface area contributed by atoms with Gasteiger partial charge in [-0.15, -0.1) is 0 Å². The summed E-state index contributed by atoms with van der Waals surface area (Å²) in [5.74, 6) is 0.0795. The number of alkyl carbamates (subject to hydrolysis) is 1. The zero-order valence-corrected chi connectivity index (χ0v) is 16.1. The molecule has 0 aliphatic carbocycles. The summed E-state index contributed by atoms with van der Waals surface area (Å²) in [7, 11) is 0. The molecule has 8 nitrogen and oxygen atoms in total. The molecule has 4 rings (SSSR count). The van der Waals surface area contributed by atoms with E-state index in [2.05, 4.69) is 16.0 Å². The van der Waals surface area contributed by atoms with Crippen molar-refractivity contribution in [2.45, 2.75) is 50.0 Å². The summed E-state index contributed by atoms with van der Waals surface area (Å²) in [5, 5.41) is 20.6. The number of piperazine rings is 1. The lowest BCUT2D eigenvalue weighted by molar-refractivity contribution is -0.0907. The first kappa shape index (κ1) is 19.6. The number of carbonyl (C=O) groups is 1. The van der Waals surface area contributed by atoms with Crippen LogP contribution in [0.25, 0.3) is 0 Å². The molecule has 0 bridgehead atoms. The summed E-state index contributed by atoms with van der Waals surface area (Å²) in [4.78, 5) is 12.7. The molecule has 0 spiro atoms. The minimum Gasteiger partial charge on any atom is -0.443 e. The van der Waals surface area contributed by atoms with E-state index in [0.29, 0.717) is 26.2 Å². The lowest BCUT2D eigenvalue weighted by atomic mass is 9.93. The molecule has 154 valence electrons. The zero-order chi connectivity index (χ0) is 19.6. The predicted octanol–water partition coefficient (Wildman–Crippen LogP) is 0.355. The van der Waals surface area contributed by atoms with Crippen LogP contribution in [-0.4, -0.2) is 67.7 Å². The van der Waals surface area contributed by atoms with Crippen LogP contribution >= 0.6 is 0 Å². The summed E-state index contributed by atoms with van der Waals surface area (Å²) < 4.78 is 16.7. The Morgan fingerprint density at radius 2 is 2.21 bits per heavy atom. The molecule has 3 aliphatic heterocycles. The number of ether oxygens (including phenoxy) is 3. The molecular weight excluding hydrogens is 362 g/mol. The van der Waals surface area contributed by atoms with Crippen LogP contribution in [0, 0.1) is 5.92 Å². The Kier molecular flexibility index (Phi) is 5.84. The van der Waals surface area contributed by atoms with Gasteiger partial charge in [-0.25, -0.2) is 4.79 Å². The average molecular weight is 391 g/mol. The van der Waals surface area contributed by atoms with Crippen molar-refractivity contribution in [3.05, 3.63) is 35.9 Å². The number of rotatable bonds is 5. The van der Waals surface area contributed by atoms with Crippen molar-refractivity contribution in [2.75, 3.05) is 26.3 Å². The van der Waals surface area contributed by atoms with Crippen molar-refractivity contribution in [1.29, 1.82) is 0 Å². The third-order valence-corrected chi connectivity index (χ3v) is 5.74. The number of benzene rings is 1. The molecule has 1 aromatic rings. The summed E-state index contributed by atoms with van der Waals surface area (Å²) in [6.45, 7) is 4.05. The molecule has 0 radical (unpaired) electrons. The molecule has 0 saturated carbocycles. The van der Waals surface area contributed by atoms with Crippen LogP contribution in [-0.2, 0) is 20.6 Å². The van der Waals surface area contributed by atoms with Crippen molar-refractivity contribution >= 4 is 6.09 Å². The molecule has 1 amide bonds. The third-order valence-electron chi connectivity index (χ3n) is 5.74. The van der Waals surface area contributed by atoms with Gasteiger partial charge in [0, 0.05) is 19.1 Å². The van der Waals surface area contributed by atoms with Gasteiger partial charge in [0.05, 0.1) is 25.2 Å². The zero-order valence-electron chi connectivity index (χ0n) is 16.1. The maximum Gasteiger partial charge on any atom is 0.407 e. The van der Waals surface area contributed by atoms with Crippen molar-refractivity contribution < 1.29 is 24.1 Å². The first-order valence-electron chi connectivity index (χ1n) is 9.98. The van der Waals surface area contributed by atoms with E-state index in [1.165, 1.54) is 0 Å². The van der Waals surface area contributed by atoms with Gasteiger partial charge in [-0.05, 0) is 25.3 Å². The normalized spacial score (nSPS) is 35.9. The van der Waals surface area contributed by atoms with E-state index < -0.39 is 17.9 Å². The number of hydrogen-bond donors (Lipinski definition) is 4. The monoisotopic (exact) mass is 391 g/mol. The van der Waals surface area contributed by atoms with E-state index in [0.717, 1.165) is 18.5 Å². The number of amides is 1. The Bertz CT molecular complexity index is 675. The minimum atomic E-state index is -1.28. The van der Waals surface area contributed by atoms with Crippen LogP contribution in [0.4, 0.5) is 4.79 Å². The molecule has 3 heterocycles. The van der Waals surface area contributed by atoms with Crippen LogP contribution in [0.15, 0.2) is 30.3 Å². The SMILES string of the molecule is CC1CNC[C@@](O)([C@H](Cc2ccccc2)NC(=O)O[C@@H]2CO[C@@H]3OCC[C@@H]32)N1. The molecule has 4 N–H and O–H groups in total. The lowest BCUT2D eigenvalue weighted by Gasteiger charge is -2.43. The Morgan fingerprint density at radius 3 is 3.00 bits per heavy atom. The summed E-state index contributed by atoms with van der Waals surface area (Å²) in [5.41, 5.74) is -0.257. The number of nitrogens with one attached hydrogen (secondary N) is 3.